The molecule has 0 fully saturated rings. The van der Waals surface area contributed by atoms with Crippen molar-refractivity contribution in [2.75, 3.05) is 4.90 Å². The van der Waals surface area contributed by atoms with Gasteiger partial charge in [-0.05, 0) is 96.4 Å². The zero-order valence-corrected chi connectivity index (χ0v) is 25.3. The largest absolute Gasteiger partial charge is 0.457 e. The van der Waals surface area contributed by atoms with Crippen LogP contribution in [0.25, 0.3) is 0 Å². The van der Waals surface area contributed by atoms with Gasteiger partial charge in [0.15, 0.2) is 0 Å². The molecule has 2 aliphatic heterocycles. The van der Waals surface area contributed by atoms with Crippen molar-refractivity contribution < 1.29 is 28.7 Å². The minimum atomic E-state index is -0.428. The Labute approximate surface area is 265 Å². The number of imide groups is 2. The molecule has 0 aliphatic carbocycles. The van der Waals surface area contributed by atoms with E-state index in [1.807, 2.05) is 73.7 Å². The van der Waals surface area contributed by atoms with Crippen molar-refractivity contribution in [2.24, 2.45) is 0 Å². The van der Waals surface area contributed by atoms with E-state index in [0.717, 1.165) is 16.7 Å². The summed E-state index contributed by atoms with van der Waals surface area (Å²) < 4.78 is 12.0. The van der Waals surface area contributed by atoms with E-state index in [9.17, 15) is 19.2 Å². The van der Waals surface area contributed by atoms with E-state index in [-0.39, 0.29) is 17.2 Å². The molecule has 8 heteroatoms. The second-order valence-corrected chi connectivity index (χ2v) is 11.9. The molecule has 226 valence electrons. The highest BCUT2D eigenvalue weighted by atomic mass is 16.5. The molecular weight excluding hydrogens is 580 g/mol. The second-order valence-electron chi connectivity index (χ2n) is 11.9. The Morgan fingerprint density at radius 2 is 1.04 bits per heavy atom. The van der Waals surface area contributed by atoms with Gasteiger partial charge in [-0.3, -0.25) is 24.5 Å². The summed E-state index contributed by atoms with van der Waals surface area (Å²) >= 11 is 0. The van der Waals surface area contributed by atoms with Crippen LogP contribution in [0.15, 0.2) is 109 Å². The maximum Gasteiger partial charge on any atom is 0.266 e. The first kappa shape index (κ1) is 28.7. The van der Waals surface area contributed by atoms with Crippen LogP contribution in [0, 0.1) is 6.92 Å². The number of carbonyl (C=O) groups excluding carboxylic acids is 4. The second kappa shape index (κ2) is 10.9. The zero-order valence-electron chi connectivity index (χ0n) is 25.3. The summed E-state index contributed by atoms with van der Waals surface area (Å²) in [6.45, 7) is 6.16. The number of rotatable bonds is 7. The van der Waals surface area contributed by atoms with Crippen molar-refractivity contribution in [3.05, 3.63) is 148 Å². The third-order valence-electron chi connectivity index (χ3n) is 8.45. The van der Waals surface area contributed by atoms with E-state index < -0.39 is 11.8 Å². The summed E-state index contributed by atoms with van der Waals surface area (Å²) in [5, 5.41) is 2.28. The molecule has 5 aromatic rings. The molecule has 0 saturated heterocycles. The van der Waals surface area contributed by atoms with Gasteiger partial charge >= 0.3 is 0 Å². The summed E-state index contributed by atoms with van der Waals surface area (Å²) in [5.74, 6) is 0.575. The monoisotopic (exact) mass is 608 g/mol. The Bertz CT molecular complexity index is 2080. The van der Waals surface area contributed by atoms with Crippen LogP contribution in [-0.2, 0) is 5.41 Å². The number of aryl methyl sites for hydroxylation is 1. The molecule has 2 heterocycles. The molecule has 0 bridgehead atoms. The van der Waals surface area contributed by atoms with Gasteiger partial charge in [0.05, 0.1) is 27.9 Å². The molecule has 46 heavy (non-hydrogen) atoms. The number of anilines is 1. The average molecular weight is 609 g/mol. The van der Waals surface area contributed by atoms with Crippen LogP contribution in [-0.4, -0.2) is 23.6 Å². The number of ether oxygens (including phenoxy) is 2. The van der Waals surface area contributed by atoms with Crippen molar-refractivity contribution in [3.63, 3.8) is 0 Å². The quantitative estimate of drug-likeness (QED) is 0.191. The van der Waals surface area contributed by atoms with Crippen LogP contribution >= 0.6 is 0 Å². The molecule has 0 unspecified atom stereocenters. The lowest BCUT2D eigenvalue weighted by Crippen LogP contribution is -2.29. The van der Waals surface area contributed by atoms with Crippen LogP contribution in [0.5, 0.6) is 23.0 Å². The van der Waals surface area contributed by atoms with Gasteiger partial charge in [0.25, 0.3) is 23.6 Å². The normalized spacial score (nSPS) is 13.8. The summed E-state index contributed by atoms with van der Waals surface area (Å²) in [4.78, 5) is 51.2. The van der Waals surface area contributed by atoms with Crippen LogP contribution in [0.2, 0.25) is 0 Å². The lowest BCUT2D eigenvalue weighted by molar-refractivity contribution is 0.0874. The first-order valence-electron chi connectivity index (χ1n) is 14.7. The molecule has 2 aliphatic rings. The third kappa shape index (κ3) is 4.99. The fraction of sp³-hybridized carbons (Fsp3) is 0.105. The van der Waals surface area contributed by atoms with Gasteiger partial charge in [-0.1, -0.05) is 50.2 Å². The number of nitrogens with zero attached hydrogens (tertiary/aromatic N) is 1. The number of nitrogens with one attached hydrogen (secondary N) is 1. The Morgan fingerprint density at radius 1 is 0.543 bits per heavy atom. The van der Waals surface area contributed by atoms with Crippen LogP contribution in [0.4, 0.5) is 5.69 Å². The Kier molecular flexibility index (Phi) is 6.78. The van der Waals surface area contributed by atoms with E-state index in [2.05, 4.69) is 19.2 Å². The fourth-order valence-electron chi connectivity index (χ4n) is 5.81. The predicted octanol–water partition coefficient (Wildman–Crippen LogP) is 7.59. The molecular formula is C38H28N2O6. The highest BCUT2D eigenvalue weighted by Crippen LogP contribution is 2.36. The van der Waals surface area contributed by atoms with Gasteiger partial charge in [-0.15, -0.1) is 0 Å². The first-order valence-corrected chi connectivity index (χ1v) is 14.7. The maximum atomic E-state index is 13.2. The zero-order chi connectivity index (χ0) is 32.2. The SMILES string of the molecule is Cc1cccc(N2C(=O)c3ccc(Oc4ccc(C(C)(C)c5ccc(Oc6ccc7c(c6)C(=O)NC7=O)cc5)cc4)cc3C2=O)c1. The lowest BCUT2D eigenvalue weighted by atomic mass is 9.78. The van der Waals surface area contributed by atoms with Gasteiger partial charge < -0.3 is 9.47 Å². The number of amides is 4. The number of carbonyl (C=O) groups is 4. The molecule has 0 aromatic heterocycles. The number of hydrogen-bond donors (Lipinski definition) is 1. The van der Waals surface area contributed by atoms with E-state index in [1.54, 1.807) is 42.5 Å². The van der Waals surface area contributed by atoms with E-state index in [4.69, 9.17) is 9.47 Å². The number of fused-ring (bicyclic) bond motifs is 2. The van der Waals surface area contributed by atoms with Crippen LogP contribution in [0.3, 0.4) is 0 Å². The molecule has 0 atom stereocenters. The van der Waals surface area contributed by atoms with Crippen LogP contribution < -0.4 is 19.7 Å². The van der Waals surface area contributed by atoms with Gasteiger partial charge in [-0.2, -0.15) is 0 Å². The van der Waals surface area contributed by atoms with Crippen molar-refractivity contribution >= 4 is 29.3 Å². The molecule has 8 nitrogen and oxygen atoms in total. The highest BCUT2D eigenvalue weighted by Gasteiger charge is 2.37. The molecule has 5 aromatic carbocycles. The van der Waals surface area contributed by atoms with Crippen molar-refractivity contribution in [1.29, 1.82) is 0 Å². The van der Waals surface area contributed by atoms with E-state index in [1.165, 1.54) is 4.90 Å². The number of benzene rings is 5. The van der Waals surface area contributed by atoms with Gasteiger partial charge in [0.2, 0.25) is 0 Å². The average Bonchev–Trinajstić information content (AvgIpc) is 3.47. The van der Waals surface area contributed by atoms with Gasteiger partial charge in [-0.25, -0.2) is 4.90 Å². The smallest absolute Gasteiger partial charge is 0.266 e. The number of hydrogen-bond acceptors (Lipinski definition) is 6. The molecule has 0 radical (unpaired) electrons. The first-order chi connectivity index (χ1) is 22.1. The van der Waals surface area contributed by atoms with Gasteiger partial charge in [0.1, 0.15) is 23.0 Å². The Morgan fingerprint density at radius 3 is 1.63 bits per heavy atom. The van der Waals surface area contributed by atoms with Crippen molar-refractivity contribution in [2.45, 2.75) is 26.2 Å². The Balaban J connectivity index is 1.04. The molecule has 1 N–H and O–H groups in total. The summed E-state index contributed by atoms with van der Waals surface area (Å²) in [6, 6.07) is 32.5. The molecule has 7 rings (SSSR count). The summed E-state index contributed by atoms with van der Waals surface area (Å²) in [7, 11) is 0. The standard InChI is InChI=1S/C38H28N2O6/c1-22-5-4-6-25(19-22)40-36(43)31-18-16-29(21-33(31)37(40)44)46-27-13-9-24(10-14-27)38(2,3)23-7-11-26(12-8-23)45-28-15-17-30-32(20-28)35(42)39-34(30)41/h4-21H,1-3H3,(H,39,41,42). The van der Waals surface area contributed by atoms with Crippen molar-refractivity contribution in [3.8, 4) is 23.0 Å². The minimum absolute atomic E-state index is 0.303. The molecule has 4 amide bonds. The Hall–Kier alpha value is -6.02. The maximum absolute atomic E-state index is 13.2. The van der Waals surface area contributed by atoms with Crippen LogP contribution in [0.1, 0.15) is 72.0 Å². The molecule has 0 saturated carbocycles. The third-order valence-corrected chi connectivity index (χ3v) is 8.45. The predicted molar refractivity (Wildman–Crippen MR) is 172 cm³/mol. The van der Waals surface area contributed by atoms with Crippen molar-refractivity contribution in [1.82, 2.24) is 5.32 Å². The minimum Gasteiger partial charge on any atom is -0.457 e. The highest BCUT2D eigenvalue weighted by molar-refractivity contribution is 6.34. The molecule has 0 spiro atoms. The lowest BCUT2D eigenvalue weighted by Gasteiger charge is -2.26. The summed E-state index contributed by atoms with van der Waals surface area (Å²) in [5.41, 5.74) is 4.59. The topological polar surface area (TPSA) is 102 Å². The van der Waals surface area contributed by atoms with E-state index >= 15 is 0 Å². The van der Waals surface area contributed by atoms with Gasteiger partial charge in [0, 0.05) is 5.41 Å². The van der Waals surface area contributed by atoms with E-state index in [0.29, 0.717) is 50.9 Å². The fourth-order valence-corrected chi connectivity index (χ4v) is 5.81. The summed E-state index contributed by atoms with van der Waals surface area (Å²) in [6.07, 6.45) is 0.